The predicted octanol–water partition coefficient (Wildman–Crippen LogP) is 6.27. The Labute approximate surface area is 129 Å². The molecule has 0 saturated heterocycles. The van der Waals surface area contributed by atoms with Gasteiger partial charge in [-0.15, -0.1) is 0 Å². The molecule has 0 bridgehead atoms. The molecule has 0 heterocycles. The van der Waals surface area contributed by atoms with Gasteiger partial charge in [0.1, 0.15) is 5.75 Å². The van der Waals surface area contributed by atoms with Gasteiger partial charge in [0.2, 0.25) is 0 Å². The van der Waals surface area contributed by atoms with Crippen LogP contribution in [-0.2, 0) is 5.33 Å². The minimum Gasteiger partial charge on any atom is -0.542 e. The second kappa shape index (κ2) is 5.74. The number of hydrogen-bond acceptors (Lipinski definition) is 1. The van der Waals surface area contributed by atoms with Crippen molar-refractivity contribution in [1.29, 1.82) is 0 Å². The average molecular weight is 370 g/mol. The van der Waals surface area contributed by atoms with E-state index in [1.165, 1.54) is 0 Å². The molecular formula is C13H19BrCl2OSi. The molecule has 1 nitrogen and oxygen atoms in total. The summed E-state index contributed by atoms with van der Waals surface area (Å²) >= 11 is 15.7. The molecule has 0 aliphatic rings. The van der Waals surface area contributed by atoms with Crippen LogP contribution >= 0.6 is 39.1 Å². The molecule has 0 aliphatic heterocycles. The molecule has 0 N–H and O–H groups in total. The molecule has 102 valence electrons. The van der Waals surface area contributed by atoms with Crippen molar-refractivity contribution in [3.05, 3.63) is 27.7 Å². The van der Waals surface area contributed by atoms with Gasteiger partial charge in [0.25, 0.3) is 8.32 Å². The average Bonchev–Trinajstić information content (AvgIpc) is 2.19. The van der Waals surface area contributed by atoms with Crippen LogP contribution in [0.15, 0.2) is 12.1 Å². The topological polar surface area (TPSA) is 9.23 Å². The van der Waals surface area contributed by atoms with Crippen molar-refractivity contribution in [2.24, 2.45) is 0 Å². The molecule has 0 unspecified atom stereocenters. The third kappa shape index (κ3) is 3.66. The van der Waals surface area contributed by atoms with Crippen molar-refractivity contribution >= 4 is 47.4 Å². The Hall–Kier alpha value is 0.297. The zero-order chi connectivity index (χ0) is 14.1. The Morgan fingerprint density at radius 2 is 1.78 bits per heavy atom. The van der Waals surface area contributed by atoms with Gasteiger partial charge >= 0.3 is 0 Å². The molecule has 0 fully saturated rings. The first kappa shape index (κ1) is 16.4. The van der Waals surface area contributed by atoms with Crippen molar-refractivity contribution in [3.63, 3.8) is 0 Å². The summed E-state index contributed by atoms with van der Waals surface area (Å²) < 4.78 is 6.29. The number of rotatable bonds is 3. The fraction of sp³-hybridized carbons (Fsp3) is 0.538. The minimum atomic E-state index is -1.89. The first-order chi connectivity index (χ1) is 8.08. The van der Waals surface area contributed by atoms with E-state index in [1.807, 2.05) is 6.07 Å². The standard InChI is InChI=1S/C13H19BrCl2OSi/c1-13(2,3)18(4,5)17-12-9(8-14)6-10(15)7-11(12)16/h6-7H,8H2,1-5H3. The molecule has 0 aromatic heterocycles. The highest BCUT2D eigenvalue weighted by molar-refractivity contribution is 9.08. The van der Waals surface area contributed by atoms with Crippen molar-refractivity contribution in [3.8, 4) is 5.75 Å². The van der Waals surface area contributed by atoms with E-state index in [4.69, 9.17) is 27.6 Å². The largest absolute Gasteiger partial charge is 0.542 e. The fourth-order valence-electron chi connectivity index (χ4n) is 1.24. The highest BCUT2D eigenvalue weighted by Gasteiger charge is 2.39. The summed E-state index contributed by atoms with van der Waals surface area (Å²) in [5.74, 6) is 0.768. The smallest absolute Gasteiger partial charge is 0.250 e. The summed E-state index contributed by atoms with van der Waals surface area (Å²) in [5.41, 5.74) is 0.998. The minimum absolute atomic E-state index is 0.138. The van der Waals surface area contributed by atoms with Crippen molar-refractivity contribution in [2.75, 3.05) is 0 Å². The maximum Gasteiger partial charge on any atom is 0.250 e. The van der Waals surface area contributed by atoms with Gasteiger partial charge in [0.15, 0.2) is 0 Å². The lowest BCUT2D eigenvalue weighted by molar-refractivity contribution is 0.489. The monoisotopic (exact) mass is 368 g/mol. The van der Waals surface area contributed by atoms with Crippen molar-refractivity contribution < 1.29 is 4.43 Å². The van der Waals surface area contributed by atoms with Crippen LogP contribution in [0.2, 0.25) is 28.2 Å². The Kier molecular flexibility index (Phi) is 5.21. The molecule has 1 aromatic rings. The van der Waals surface area contributed by atoms with E-state index in [1.54, 1.807) is 6.07 Å². The van der Waals surface area contributed by atoms with Gasteiger partial charge in [0.05, 0.1) is 5.02 Å². The Balaban J connectivity index is 3.19. The molecular weight excluding hydrogens is 351 g/mol. The van der Waals surface area contributed by atoms with Crippen LogP contribution in [0, 0.1) is 0 Å². The van der Waals surface area contributed by atoms with Gasteiger partial charge in [-0.1, -0.05) is 59.9 Å². The van der Waals surface area contributed by atoms with Gasteiger partial charge in [-0.2, -0.15) is 0 Å². The zero-order valence-electron chi connectivity index (χ0n) is 11.4. The number of benzene rings is 1. The third-order valence-corrected chi connectivity index (χ3v) is 8.82. The fourth-order valence-corrected chi connectivity index (χ4v) is 3.35. The van der Waals surface area contributed by atoms with E-state index in [0.29, 0.717) is 15.4 Å². The van der Waals surface area contributed by atoms with Crippen LogP contribution < -0.4 is 4.43 Å². The molecule has 0 saturated carbocycles. The highest BCUT2D eigenvalue weighted by Crippen LogP contribution is 2.41. The maximum absolute atomic E-state index is 6.29. The predicted molar refractivity (Wildman–Crippen MR) is 86.9 cm³/mol. The first-order valence-corrected chi connectivity index (χ1v) is 10.6. The van der Waals surface area contributed by atoms with Crippen LogP contribution in [0.4, 0.5) is 0 Å². The molecule has 0 atom stereocenters. The van der Waals surface area contributed by atoms with Gasteiger partial charge in [-0.25, -0.2) is 0 Å². The van der Waals surface area contributed by atoms with Crippen LogP contribution in [0.3, 0.4) is 0 Å². The Morgan fingerprint density at radius 1 is 1.22 bits per heavy atom. The molecule has 5 heteroatoms. The maximum atomic E-state index is 6.29. The number of hydrogen-bond donors (Lipinski definition) is 0. The van der Waals surface area contributed by atoms with E-state index >= 15 is 0 Å². The van der Waals surface area contributed by atoms with Crippen molar-refractivity contribution in [2.45, 2.75) is 44.2 Å². The molecule has 0 aliphatic carbocycles. The van der Waals surface area contributed by atoms with Crippen LogP contribution in [-0.4, -0.2) is 8.32 Å². The van der Waals surface area contributed by atoms with Crippen molar-refractivity contribution in [1.82, 2.24) is 0 Å². The second-order valence-corrected chi connectivity index (χ2v) is 12.0. The highest BCUT2D eigenvalue weighted by atomic mass is 79.9. The first-order valence-electron chi connectivity index (χ1n) is 5.81. The summed E-state index contributed by atoms with van der Waals surface area (Å²) in [4.78, 5) is 0. The molecule has 18 heavy (non-hydrogen) atoms. The summed E-state index contributed by atoms with van der Waals surface area (Å²) in [5, 5.41) is 2.04. The SMILES string of the molecule is CC(C)(C)[Si](C)(C)Oc1c(Cl)cc(Cl)cc1CBr. The Morgan fingerprint density at radius 3 is 2.22 bits per heavy atom. The normalized spacial score (nSPS) is 12.7. The lowest BCUT2D eigenvalue weighted by Crippen LogP contribution is -2.44. The Bertz CT molecular complexity index is 441. The van der Waals surface area contributed by atoms with Crippen LogP contribution in [0.1, 0.15) is 26.3 Å². The van der Waals surface area contributed by atoms with Crippen LogP contribution in [0.25, 0.3) is 0 Å². The van der Waals surface area contributed by atoms with E-state index in [9.17, 15) is 0 Å². The van der Waals surface area contributed by atoms with Gasteiger partial charge in [-0.3, -0.25) is 0 Å². The van der Waals surface area contributed by atoms with E-state index in [-0.39, 0.29) is 5.04 Å². The summed E-state index contributed by atoms with van der Waals surface area (Å²) in [6, 6.07) is 3.63. The third-order valence-electron chi connectivity index (χ3n) is 3.39. The quantitative estimate of drug-likeness (QED) is 0.450. The van der Waals surface area contributed by atoms with E-state index < -0.39 is 8.32 Å². The van der Waals surface area contributed by atoms with Gasteiger partial charge < -0.3 is 4.43 Å². The lowest BCUT2D eigenvalue weighted by Gasteiger charge is -2.37. The molecule has 0 spiro atoms. The summed E-state index contributed by atoms with van der Waals surface area (Å²) in [7, 11) is -1.89. The van der Waals surface area contributed by atoms with Gasteiger partial charge in [-0.05, 0) is 30.3 Å². The lowest BCUT2D eigenvalue weighted by atomic mass is 10.2. The van der Waals surface area contributed by atoms with Crippen LogP contribution in [0.5, 0.6) is 5.75 Å². The molecule has 1 aromatic carbocycles. The second-order valence-electron chi connectivity index (χ2n) is 5.87. The van der Waals surface area contributed by atoms with E-state index in [2.05, 4.69) is 49.8 Å². The summed E-state index contributed by atoms with van der Waals surface area (Å²) in [6.45, 7) is 11.0. The van der Waals surface area contributed by atoms with E-state index in [0.717, 1.165) is 11.3 Å². The molecule has 0 amide bonds. The number of alkyl halides is 1. The zero-order valence-corrected chi connectivity index (χ0v) is 15.5. The number of halogens is 3. The summed E-state index contributed by atoms with van der Waals surface area (Å²) in [6.07, 6.45) is 0. The van der Waals surface area contributed by atoms with Gasteiger partial charge in [0, 0.05) is 15.9 Å². The molecule has 0 radical (unpaired) electrons. The molecule has 1 rings (SSSR count).